The molecule has 2 heterocycles. The van der Waals surface area contributed by atoms with E-state index in [4.69, 9.17) is 21.1 Å². The molecule has 0 unspecified atom stereocenters. The van der Waals surface area contributed by atoms with Gasteiger partial charge >= 0.3 is 0 Å². The van der Waals surface area contributed by atoms with Crippen LogP contribution in [0.15, 0.2) is 36.4 Å². The minimum atomic E-state index is -0.170. The molecular formula is C15H9ClN2O3. The molecule has 6 heteroatoms. The Hall–Kier alpha value is -2.53. The molecule has 4 rings (SSSR count). The number of benzene rings is 2. The third-order valence-corrected chi connectivity index (χ3v) is 3.63. The number of ether oxygens (including phenoxy) is 2. The molecule has 0 saturated carbocycles. The first kappa shape index (κ1) is 12.2. The summed E-state index contributed by atoms with van der Waals surface area (Å²) in [7, 11) is 0. The number of H-pyrrole nitrogens is 1. The van der Waals surface area contributed by atoms with E-state index in [1.54, 1.807) is 36.4 Å². The summed E-state index contributed by atoms with van der Waals surface area (Å²) in [4.78, 5) is 12.5. The number of hydrogen-bond acceptors (Lipinski definition) is 4. The molecule has 5 nitrogen and oxygen atoms in total. The zero-order chi connectivity index (χ0) is 14.4. The summed E-state index contributed by atoms with van der Waals surface area (Å²) in [6.45, 7) is 0.190. The lowest BCUT2D eigenvalue weighted by Crippen LogP contribution is -2.02. The number of hydrogen-bond donors (Lipinski definition) is 1. The maximum absolute atomic E-state index is 12.5. The van der Waals surface area contributed by atoms with Crippen LogP contribution in [-0.2, 0) is 0 Å². The molecule has 2 aromatic carbocycles. The van der Waals surface area contributed by atoms with Gasteiger partial charge in [0.2, 0.25) is 12.6 Å². The number of aromatic nitrogens is 2. The molecule has 0 fully saturated rings. The molecule has 0 spiro atoms. The maximum atomic E-state index is 12.5. The van der Waals surface area contributed by atoms with Gasteiger partial charge in [-0.15, -0.1) is 0 Å². The number of carbonyl (C=O) groups is 1. The van der Waals surface area contributed by atoms with Crippen LogP contribution in [0, 0.1) is 0 Å². The second-order valence-electron chi connectivity index (χ2n) is 4.66. The second kappa shape index (κ2) is 4.49. The van der Waals surface area contributed by atoms with Crippen molar-refractivity contribution in [3.8, 4) is 11.5 Å². The zero-order valence-corrected chi connectivity index (χ0v) is 11.5. The molecule has 1 N–H and O–H groups in total. The fourth-order valence-corrected chi connectivity index (χ4v) is 2.44. The average Bonchev–Trinajstić information content (AvgIpc) is 3.10. The molecular weight excluding hydrogens is 292 g/mol. The Morgan fingerprint density at radius 3 is 2.62 bits per heavy atom. The molecule has 3 aromatic rings. The van der Waals surface area contributed by atoms with E-state index in [1.807, 2.05) is 0 Å². The van der Waals surface area contributed by atoms with Crippen LogP contribution in [0.25, 0.3) is 10.9 Å². The van der Waals surface area contributed by atoms with Crippen LogP contribution < -0.4 is 9.47 Å². The summed E-state index contributed by atoms with van der Waals surface area (Å²) in [6, 6.07) is 10.3. The summed E-state index contributed by atoms with van der Waals surface area (Å²) in [5, 5.41) is 8.26. The summed E-state index contributed by atoms with van der Waals surface area (Å²) >= 11 is 5.84. The number of rotatable bonds is 2. The maximum Gasteiger partial charge on any atom is 0.231 e. The number of carbonyl (C=O) groups excluding carboxylic acids is 1. The van der Waals surface area contributed by atoms with Crippen LogP contribution >= 0.6 is 11.6 Å². The fraction of sp³-hybridized carbons (Fsp3) is 0.0667. The Kier molecular flexibility index (Phi) is 2.62. The Balaban J connectivity index is 1.83. The first-order valence-corrected chi connectivity index (χ1v) is 6.68. The fourth-order valence-electron chi connectivity index (χ4n) is 2.32. The number of halogens is 1. The lowest BCUT2D eigenvalue weighted by atomic mass is 10.1. The van der Waals surface area contributed by atoms with Crippen LogP contribution in [0.2, 0.25) is 5.02 Å². The number of nitrogens with one attached hydrogen (secondary N) is 1. The third-order valence-electron chi connectivity index (χ3n) is 3.38. The molecule has 0 aliphatic carbocycles. The van der Waals surface area contributed by atoms with Gasteiger partial charge in [0.15, 0.2) is 11.5 Å². The van der Waals surface area contributed by atoms with E-state index in [0.29, 0.717) is 33.2 Å². The summed E-state index contributed by atoms with van der Waals surface area (Å²) in [5.74, 6) is 1.10. The Labute approximate surface area is 124 Å². The van der Waals surface area contributed by atoms with Gasteiger partial charge in [-0.2, -0.15) is 5.10 Å². The van der Waals surface area contributed by atoms with Crippen LogP contribution in [-0.4, -0.2) is 22.8 Å². The van der Waals surface area contributed by atoms with Gasteiger partial charge < -0.3 is 9.47 Å². The molecule has 1 aliphatic rings. The summed E-state index contributed by atoms with van der Waals surface area (Å²) in [6.07, 6.45) is 0. The van der Waals surface area contributed by atoms with E-state index in [1.165, 1.54) is 0 Å². The Bertz CT molecular complexity index is 855. The molecule has 0 saturated heterocycles. The van der Waals surface area contributed by atoms with Gasteiger partial charge in [-0.25, -0.2) is 0 Å². The smallest absolute Gasteiger partial charge is 0.231 e. The van der Waals surface area contributed by atoms with E-state index in [0.717, 1.165) is 5.52 Å². The third kappa shape index (κ3) is 1.94. The van der Waals surface area contributed by atoms with Crippen molar-refractivity contribution in [1.82, 2.24) is 10.2 Å². The highest BCUT2D eigenvalue weighted by Crippen LogP contribution is 2.36. The van der Waals surface area contributed by atoms with Gasteiger partial charge in [-0.3, -0.25) is 9.89 Å². The molecule has 104 valence electrons. The Morgan fingerprint density at radius 1 is 1.14 bits per heavy atom. The van der Waals surface area contributed by atoms with Crippen molar-refractivity contribution in [2.75, 3.05) is 6.79 Å². The van der Waals surface area contributed by atoms with Crippen molar-refractivity contribution in [3.05, 3.63) is 52.7 Å². The minimum Gasteiger partial charge on any atom is -0.454 e. The van der Waals surface area contributed by atoms with Crippen molar-refractivity contribution in [2.45, 2.75) is 0 Å². The van der Waals surface area contributed by atoms with Gasteiger partial charge in [0.1, 0.15) is 5.69 Å². The highest BCUT2D eigenvalue weighted by Gasteiger charge is 2.21. The highest BCUT2D eigenvalue weighted by atomic mass is 35.5. The molecule has 0 radical (unpaired) electrons. The molecule has 0 atom stereocenters. The van der Waals surface area contributed by atoms with Crippen molar-refractivity contribution in [1.29, 1.82) is 0 Å². The monoisotopic (exact) mass is 300 g/mol. The normalized spacial score (nSPS) is 12.8. The van der Waals surface area contributed by atoms with Gasteiger partial charge in [0, 0.05) is 22.0 Å². The van der Waals surface area contributed by atoms with Crippen molar-refractivity contribution in [2.24, 2.45) is 0 Å². The largest absolute Gasteiger partial charge is 0.454 e. The standard InChI is InChI=1S/C15H9ClN2O3/c16-9-3-1-8(2-4-9)15(19)14-10-5-12-13(21-7-20-12)6-11(10)17-18-14/h1-6H,7H2,(H,17,18). The van der Waals surface area contributed by atoms with E-state index in [2.05, 4.69) is 10.2 Å². The number of ketones is 1. The molecule has 0 amide bonds. The molecule has 1 aromatic heterocycles. The van der Waals surface area contributed by atoms with Gasteiger partial charge in [0.05, 0.1) is 5.52 Å². The number of aromatic amines is 1. The molecule has 1 aliphatic heterocycles. The molecule has 21 heavy (non-hydrogen) atoms. The van der Waals surface area contributed by atoms with Crippen molar-refractivity contribution >= 4 is 28.3 Å². The van der Waals surface area contributed by atoms with Crippen LogP contribution in [0.5, 0.6) is 11.5 Å². The van der Waals surface area contributed by atoms with Gasteiger partial charge in [0.25, 0.3) is 0 Å². The first-order valence-electron chi connectivity index (χ1n) is 6.30. The van der Waals surface area contributed by atoms with Crippen LogP contribution in [0.4, 0.5) is 0 Å². The minimum absolute atomic E-state index is 0.170. The van der Waals surface area contributed by atoms with Crippen LogP contribution in [0.3, 0.4) is 0 Å². The number of fused-ring (bicyclic) bond motifs is 2. The predicted octanol–water partition coefficient (Wildman–Crippen LogP) is 3.18. The lowest BCUT2D eigenvalue weighted by molar-refractivity contribution is 0.103. The molecule has 0 bridgehead atoms. The van der Waals surface area contributed by atoms with E-state index >= 15 is 0 Å². The topological polar surface area (TPSA) is 64.2 Å². The van der Waals surface area contributed by atoms with Gasteiger partial charge in [-0.05, 0) is 30.3 Å². The lowest BCUT2D eigenvalue weighted by Gasteiger charge is -2.00. The highest BCUT2D eigenvalue weighted by molar-refractivity contribution is 6.30. The van der Waals surface area contributed by atoms with Crippen LogP contribution in [0.1, 0.15) is 16.1 Å². The predicted molar refractivity (Wildman–Crippen MR) is 77.1 cm³/mol. The number of nitrogens with zero attached hydrogens (tertiary/aromatic N) is 1. The van der Waals surface area contributed by atoms with E-state index in [-0.39, 0.29) is 12.6 Å². The SMILES string of the molecule is O=C(c1ccc(Cl)cc1)c1n[nH]c2cc3c(cc12)OCO3. The summed E-state index contributed by atoms with van der Waals surface area (Å²) < 4.78 is 10.6. The van der Waals surface area contributed by atoms with Crippen molar-refractivity contribution < 1.29 is 14.3 Å². The summed E-state index contributed by atoms with van der Waals surface area (Å²) in [5.41, 5.74) is 1.62. The van der Waals surface area contributed by atoms with Crippen molar-refractivity contribution in [3.63, 3.8) is 0 Å². The first-order chi connectivity index (χ1) is 10.2. The van der Waals surface area contributed by atoms with Gasteiger partial charge in [-0.1, -0.05) is 11.6 Å². The zero-order valence-electron chi connectivity index (χ0n) is 10.7. The van der Waals surface area contributed by atoms with E-state index in [9.17, 15) is 4.79 Å². The Morgan fingerprint density at radius 2 is 1.86 bits per heavy atom. The average molecular weight is 301 g/mol. The second-order valence-corrected chi connectivity index (χ2v) is 5.10. The van der Waals surface area contributed by atoms with E-state index < -0.39 is 0 Å². The quantitative estimate of drug-likeness (QED) is 0.738.